The molecule has 3 aromatic carbocycles. The highest BCUT2D eigenvalue weighted by Gasteiger charge is 2.20. The summed E-state index contributed by atoms with van der Waals surface area (Å²) >= 11 is 0. The van der Waals surface area contributed by atoms with Crippen molar-refractivity contribution in [1.82, 2.24) is 19.9 Å². The van der Waals surface area contributed by atoms with Gasteiger partial charge in [-0.05, 0) is 33.6 Å². The molecule has 0 aliphatic rings. The van der Waals surface area contributed by atoms with Gasteiger partial charge in [0, 0.05) is 5.56 Å². The molecule has 31 heavy (non-hydrogen) atoms. The molecule has 0 atom stereocenters. The van der Waals surface area contributed by atoms with Crippen molar-refractivity contribution < 1.29 is 9.84 Å². The zero-order chi connectivity index (χ0) is 21.2. The molecule has 3 N–H and O–H groups in total. The Balaban J connectivity index is 1.54. The quantitative estimate of drug-likeness (QED) is 0.255. The predicted octanol–water partition coefficient (Wildman–Crippen LogP) is 4.21. The summed E-state index contributed by atoms with van der Waals surface area (Å²) in [6.45, 7) is 0.253. The number of aromatic nitrogens is 4. The minimum atomic E-state index is 0.145. The Hall–Kier alpha value is -4.46. The van der Waals surface area contributed by atoms with Crippen LogP contribution in [0.2, 0.25) is 0 Å². The second-order valence-corrected chi connectivity index (χ2v) is 7.00. The first-order valence-corrected chi connectivity index (χ1v) is 9.65. The molecule has 2 aromatic heterocycles. The average molecular weight is 410 g/mol. The lowest BCUT2D eigenvalue weighted by Gasteiger charge is -2.11. The molecule has 0 unspecified atom stereocenters. The van der Waals surface area contributed by atoms with E-state index >= 15 is 0 Å². The second kappa shape index (κ2) is 7.75. The van der Waals surface area contributed by atoms with Crippen molar-refractivity contribution in [2.75, 3.05) is 5.73 Å². The van der Waals surface area contributed by atoms with Crippen molar-refractivity contribution >= 4 is 22.6 Å². The van der Waals surface area contributed by atoms with Crippen LogP contribution in [0.25, 0.3) is 33.7 Å². The summed E-state index contributed by atoms with van der Waals surface area (Å²) < 4.78 is 6.64. The van der Waals surface area contributed by atoms with E-state index in [9.17, 15) is 5.21 Å². The van der Waals surface area contributed by atoms with Crippen LogP contribution in [0.3, 0.4) is 0 Å². The lowest BCUT2D eigenvalue weighted by Crippen LogP contribution is -2.13. The van der Waals surface area contributed by atoms with E-state index in [4.69, 9.17) is 10.4 Å². The van der Waals surface area contributed by atoms with E-state index in [0.29, 0.717) is 17.2 Å². The van der Waals surface area contributed by atoms with Gasteiger partial charge < -0.3 is 15.5 Å². The summed E-state index contributed by atoms with van der Waals surface area (Å²) in [4.78, 5) is 4.63. The maximum Gasteiger partial charge on any atom is 0.199 e. The fourth-order valence-corrected chi connectivity index (χ4v) is 3.58. The molecule has 8 nitrogen and oxygen atoms in total. The highest BCUT2D eigenvalue weighted by molar-refractivity contribution is 6.01. The van der Waals surface area contributed by atoms with Gasteiger partial charge in [-0.15, -0.1) is 0 Å². The third kappa shape index (κ3) is 3.40. The molecule has 2 heterocycles. The number of rotatable bonds is 5. The Morgan fingerprint density at radius 1 is 0.903 bits per heavy atom. The third-order valence-corrected chi connectivity index (χ3v) is 5.13. The molecule has 0 amide bonds. The number of oxime groups is 1. The van der Waals surface area contributed by atoms with Crippen LogP contribution in [0.15, 0.2) is 88.6 Å². The van der Waals surface area contributed by atoms with Crippen LogP contribution in [0, 0.1) is 0 Å². The van der Waals surface area contributed by atoms with E-state index in [1.807, 2.05) is 71.3 Å². The van der Waals surface area contributed by atoms with Crippen molar-refractivity contribution in [3.05, 3.63) is 84.4 Å². The molecule has 0 spiro atoms. The van der Waals surface area contributed by atoms with Crippen molar-refractivity contribution in [3.63, 3.8) is 0 Å². The number of fused-ring (bicyclic) bond motifs is 1. The van der Waals surface area contributed by atoms with Gasteiger partial charge in [0.1, 0.15) is 5.71 Å². The molecule has 0 radical (unpaired) electrons. The van der Waals surface area contributed by atoms with Crippen LogP contribution in [-0.4, -0.2) is 30.8 Å². The Kier molecular flexibility index (Phi) is 4.64. The zero-order valence-electron chi connectivity index (χ0n) is 16.4. The maximum absolute atomic E-state index is 9.80. The van der Waals surface area contributed by atoms with Crippen molar-refractivity contribution in [2.24, 2.45) is 5.16 Å². The molecule has 0 saturated heterocycles. The van der Waals surface area contributed by atoms with Crippen molar-refractivity contribution in [3.8, 4) is 22.6 Å². The van der Waals surface area contributed by atoms with Crippen LogP contribution in [-0.2, 0) is 6.54 Å². The second-order valence-electron chi connectivity index (χ2n) is 7.00. The Morgan fingerprint density at radius 3 is 2.32 bits per heavy atom. The predicted molar refractivity (Wildman–Crippen MR) is 118 cm³/mol. The topological polar surface area (TPSA) is 115 Å². The molecule has 0 fully saturated rings. The van der Waals surface area contributed by atoms with E-state index in [0.717, 1.165) is 27.7 Å². The summed E-state index contributed by atoms with van der Waals surface area (Å²) in [5.74, 6) is 0.633. The minimum absolute atomic E-state index is 0.145. The SMILES string of the molecule is Nc1nonc1-c1nc2ccccc2n1CC(=NO)c1ccc(-c2ccccc2)cc1. The zero-order valence-corrected chi connectivity index (χ0v) is 16.4. The molecule has 0 aliphatic carbocycles. The molecule has 8 heteroatoms. The minimum Gasteiger partial charge on any atom is -0.411 e. The van der Waals surface area contributed by atoms with Gasteiger partial charge in [-0.1, -0.05) is 71.9 Å². The summed E-state index contributed by atoms with van der Waals surface area (Å²) in [7, 11) is 0. The van der Waals surface area contributed by atoms with Gasteiger partial charge in [-0.2, -0.15) is 0 Å². The Bertz CT molecular complexity index is 1370. The smallest absolute Gasteiger partial charge is 0.199 e. The number of hydrogen-bond acceptors (Lipinski definition) is 7. The molecule has 5 rings (SSSR count). The Morgan fingerprint density at radius 2 is 1.61 bits per heavy atom. The molecular formula is C23H18N6O2. The fraction of sp³-hybridized carbons (Fsp3) is 0.0435. The fourth-order valence-electron chi connectivity index (χ4n) is 3.58. The van der Waals surface area contributed by atoms with Crippen LogP contribution < -0.4 is 5.73 Å². The number of anilines is 1. The largest absolute Gasteiger partial charge is 0.411 e. The maximum atomic E-state index is 9.80. The van der Waals surface area contributed by atoms with E-state index < -0.39 is 0 Å². The van der Waals surface area contributed by atoms with Gasteiger partial charge in [0.15, 0.2) is 17.3 Å². The van der Waals surface area contributed by atoms with Crippen LogP contribution in [0.1, 0.15) is 5.56 Å². The highest BCUT2D eigenvalue weighted by Crippen LogP contribution is 2.27. The molecule has 5 aromatic rings. The van der Waals surface area contributed by atoms with Gasteiger partial charge in [-0.25, -0.2) is 9.61 Å². The number of para-hydroxylation sites is 2. The normalized spacial score (nSPS) is 11.8. The monoisotopic (exact) mass is 410 g/mol. The van der Waals surface area contributed by atoms with E-state index in [-0.39, 0.29) is 12.4 Å². The summed E-state index contributed by atoms with van der Waals surface area (Å²) in [6.07, 6.45) is 0. The first-order valence-electron chi connectivity index (χ1n) is 9.65. The summed E-state index contributed by atoms with van der Waals surface area (Å²) in [5.41, 5.74) is 11.3. The van der Waals surface area contributed by atoms with Gasteiger partial charge in [-0.3, -0.25) is 0 Å². The van der Waals surface area contributed by atoms with Gasteiger partial charge in [0.2, 0.25) is 0 Å². The van der Waals surface area contributed by atoms with E-state index in [1.165, 1.54) is 0 Å². The van der Waals surface area contributed by atoms with Gasteiger partial charge in [0.05, 0.1) is 17.6 Å². The van der Waals surface area contributed by atoms with Gasteiger partial charge in [0.25, 0.3) is 0 Å². The number of nitrogens with zero attached hydrogens (tertiary/aromatic N) is 5. The highest BCUT2D eigenvalue weighted by atomic mass is 16.6. The number of benzene rings is 3. The molecular weight excluding hydrogens is 392 g/mol. The van der Waals surface area contributed by atoms with Crippen molar-refractivity contribution in [1.29, 1.82) is 0 Å². The molecule has 0 aliphatic heterocycles. The first-order chi connectivity index (χ1) is 15.2. The molecule has 0 bridgehead atoms. The first kappa shape index (κ1) is 18.6. The van der Waals surface area contributed by atoms with Crippen LogP contribution >= 0.6 is 0 Å². The Labute approximate surface area is 177 Å². The van der Waals surface area contributed by atoms with E-state index in [2.05, 4.69) is 32.6 Å². The summed E-state index contributed by atoms with van der Waals surface area (Å²) in [5, 5.41) is 20.9. The average Bonchev–Trinajstić information content (AvgIpc) is 3.41. The van der Waals surface area contributed by atoms with Gasteiger partial charge >= 0.3 is 0 Å². The van der Waals surface area contributed by atoms with Crippen molar-refractivity contribution in [2.45, 2.75) is 6.54 Å². The van der Waals surface area contributed by atoms with Crippen LogP contribution in [0.5, 0.6) is 0 Å². The number of nitrogens with two attached hydrogens (primary N) is 1. The third-order valence-electron chi connectivity index (χ3n) is 5.13. The number of imidazole rings is 1. The lowest BCUT2D eigenvalue weighted by molar-refractivity contribution is 0.310. The number of hydrogen-bond donors (Lipinski definition) is 2. The molecule has 152 valence electrons. The van der Waals surface area contributed by atoms with Crippen LogP contribution in [0.4, 0.5) is 5.82 Å². The number of nitrogen functional groups attached to an aromatic ring is 1. The standard InChI is InChI=1S/C23H18N6O2/c24-22-21(27-31-28-22)23-25-18-8-4-5-9-20(18)29(23)14-19(26-30)17-12-10-16(11-13-17)15-6-2-1-3-7-15/h1-13,30H,14H2,(H2,24,28). The molecule has 0 saturated carbocycles. The van der Waals surface area contributed by atoms with E-state index in [1.54, 1.807) is 0 Å². The lowest BCUT2D eigenvalue weighted by atomic mass is 10.0. The summed E-state index contributed by atoms with van der Waals surface area (Å²) in [6, 6.07) is 25.6.